The molecule has 2 amide bonds. The maximum Gasteiger partial charge on any atom is 0.416 e. The van der Waals surface area contributed by atoms with Gasteiger partial charge in [-0.15, -0.1) is 0 Å². The Hall–Kier alpha value is -3.13. The number of carbonyl (C=O) groups excluding carboxylic acids is 1. The van der Waals surface area contributed by atoms with Gasteiger partial charge in [-0.3, -0.25) is 4.98 Å². The number of urea groups is 1. The van der Waals surface area contributed by atoms with Crippen molar-refractivity contribution in [2.45, 2.75) is 49.9 Å². The number of alkyl halides is 3. The van der Waals surface area contributed by atoms with Gasteiger partial charge in [-0.25, -0.2) is 9.18 Å². The lowest BCUT2D eigenvalue weighted by molar-refractivity contribution is -0.137. The zero-order valence-corrected chi connectivity index (χ0v) is 19.5. The van der Waals surface area contributed by atoms with Crippen LogP contribution in [0, 0.1) is 5.82 Å². The minimum Gasteiger partial charge on any atom is -0.335 e. The molecular formula is C26H24ClF4N3O. The van der Waals surface area contributed by atoms with Crippen LogP contribution >= 0.6 is 11.6 Å². The van der Waals surface area contributed by atoms with Crippen LogP contribution in [0.25, 0.3) is 0 Å². The molecule has 2 aromatic carbocycles. The van der Waals surface area contributed by atoms with Crippen LogP contribution in [-0.2, 0) is 18.1 Å². The van der Waals surface area contributed by atoms with Crippen molar-refractivity contribution < 1.29 is 22.4 Å². The number of hydrogen-bond donors (Lipinski definition) is 2. The van der Waals surface area contributed by atoms with Gasteiger partial charge in [-0.2, -0.15) is 13.2 Å². The van der Waals surface area contributed by atoms with Crippen LogP contribution in [-0.4, -0.2) is 17.1 Å². The minimum absolute atomic E-state index is 0.0429. The maximum atomic E-state index is 15.4. The van der Waals surface area contributed by atoms with Crippen molar-refractivity contribution in [1.82, 2.24) is 15.6 Å². The average Bonchev–Trinajstić information content (AvgIpc) is 3.32. The molecule has 35 heavy (non-hydrogen) atoms. The van der Waals surface area contributed by atoms with E-state index < -0.39 is 29.1 Å². The molecule has 9 heteroatoms. The van der Waals surface area contributed by atoms with Crippen molar-refractivity contribution in [3.8, 4) is 0 Å². The van der Waals surface area contributed by atoms with Crippen LogP contribution in [0.15, 0.2) is 66.9 Å². The Balaban J connectivity index is 1.90. The van der Waals surface area contributed by atoms with E-state index in [4.69, 9.17) is 11.6 Å². The first-order valence-electron chi connectivity index (χ1n) is 11.3. The summed E-state index contributed by atoms with van der Waals surface area (Å²) in [6, 6.07) is 13.3. The minimum atomic E-state index is -4.71. The second kappa shape index (κ2) is 10.2. The molecular weight excluding hydrogens is 482 g/mol. The number of hydrogen-bond acceptors (Lipinski definition) is 2. The average molecular weight is 506 g/mol. The predicted octanol–water partition coefficient (Wildman–Crippen LogP) is 6.62. The monoisotopic (exact) mass is 505 g/mol. The quantitative estimate of drug-likeness (QED) is 0.370. The number of benzene rings is 2. The molecule has 1 unspecified atom stereocenters. The number of nitrogens with zero attached hydrogens (tertiary/aromatic N) is 1. The fourth-order valence-electron chi connectivity index (χ4n) is 4.54. The number of halogens is 5. The molecule has 1 aromatic heterocycles. The lowest BCUT2D eigenvalue weighted by Crippen LogP contribution is -2.54. The first-order chi connectivity index (χ1) is 16.7. The third-order valence-corrected chi connectivity index (χ3v) is 6.47. The zero-order valence-electron chi connectivity index (χ0n) is 18.7. The highest BCUT2D eigenvalue weighted by Crippen LogP contribution is 2.38. The third-order valence-electron chi connectivity index (χ3n) is 6.25. The molecule has 0 bridgehead atoms. The largest absolute Gasteiger partial charge is 0.416 e. The van der Waals surface area contributed by atoms with Crippen molar-refractivity contribution in [2.24, 2.45) is 0 Å². The van der Waals surface area contributed by atoms with Crippen LogP contribution in [0.5, 0.6) is 0 Å². The number of nitrogens with one attached hydrogen (secondary N) is 2. The molecule has 0 radical (unpaired) electrons. The molecule has 4 rings (SSSR count). The molecule has 2 N–H and O–H groups in total. The Morgan fingerprint density at radius 3 is 2.37 bits per heavy atom. The van der Waals surface area contributed by atoms with Crippen molar-refractivity contribution in [3.63, 3.8) is 0 Å². The van der Waals surface area contributed by atoms with Crippen molar-refractivity contribution in [2.75, 3.05) is 0 Å². The number of carbonyl (C=O) groups is 1. The Morgan fingerprint density at radius 2 is 1.74 bits per heavy atom. The normalized spacial score (nSPS) is 16.0. The van der Waals surface area contributed by atoms with E-state index in [9.17, 15) is 18.0 Å². The van der Waals surface area contributed by atoms with Gasteiger partial charge in [0.1, 0.15) is 11.4 Å². The third kappa shape index (κ3) is 5.75. The van der Waals surface area contributed by atoms with Gasteiger partial charge < -0.3 is 10.6 Å². The molecule has 3 aromatic rings. The SMILES string of the molecule is O=C(NC1CCCC1)NC(Cc1ccccc1)(c1ccc(Cl)cn1)c1cc(C(F)(F)F)ccc1F. The summed E-state index contributed by atoms with van der Waals surface area (Å²) < 4.78 is 56.3. The summed E-state index contributed by atoms with van der Waals surface area (Å²) in [7, 11) is 0. The van der Waals surface area contributed by atoms with E-state index in [0.29, 0.717) is 16.7 Å². The van der Waals surface area contributed by atoms with Gasteiger partial charge >= 0.3 is 12.2 Å². The standard InChI is InChI=1S/C26H24ClF4N3O/c27-19-11-13-23(32-16-19)25(15-17-6-2-1-3-7-17,34-24(35)33-20-8-4-5-9-20)21-14-18(26(29,30)31)10-12-22(21)28/h1-3,6-7,10-14,16,20H,4-5,8-9,15H2,(H2,33,34,35). The van der Waals surface area contributed by atoms with Crippen molar-refractivity contribution in [3.05, 3.63) is 100 Å². The van der Waals surface area contributed by atoms with Crippen LogP contribution in [0.1, 0.15) is 48.1 Å². The second-order valence-corrected chi connectivity index (χ2v) is 9.14. The van der Waals surface area contributed by atoms with Crippen molar-refractivity contribution in [1.29, 1.82) is 0 Å². The van der Waals surface area contributed by atoms with E-state index >= 15 is 4.39 Å². The Kier molecular flexibility index (Phi) is 7.31. The smallest absolute Gasteiger partial charge is 0.335 e. The summed E-state index contributed by atoms with van der Waals surface area (Å²) in [5.41, 5.74) is -2.29. The number of rotatable bonds is 6. The lowest BCUT2D eigenvalue weighted by Gasteiger charge is -2.36. The second-order valence-electron chi connectivity index (χ2n) is 8.70. The Morgan fingerprint density at radius 1 is 1.03 bits per heavy atom. The molecule has 1 aliphatic rings. The summed E-state index contributed by atoms with van der Waals surface area (Å²) >= 11 is 6.02. The van der Waals surface area contributed by atoms with Gasteiger partial charge in [-0.1, -0.05) is 54.8 Å². The summed E-state index contributed by atoms with van der Waals surface area (Å²) in [6.07, 6.45) is 0.118. The summed E-state index contributed by atoms with van der Waals surface area (Å²) in [5.74, 6) is -0.896. The van der Waals surface area contributed by atoms with E-state index in [0.717, 1.165) is 37.8 Å². The highest BCUT2D eigenvalue weighted by atomic mass is 35.5. The highest BCUT2D eigenvalue weighted by molar-refractivity contribution is 6.30. The van der Waals surface area contributed by atoms with Crippen LogP contribution < -0.4 is 10.6 Å². The fourth-order valence-corrected chi connectivity index (χ4v) is 4.66. The summed E-state index contributed by atoms with van der Waals surface area (Å²) in [6.45, 7) is 0. The number of pyridine rings is 1. The molecule has 1 fully saturated rings. The maximum absolute atomic E-state index is 15.4. The highest BCUT2D eigenvalue weighted by Gasteiger charge is 2.42. The lowest BCUT2D eigenvalue weighted by atomic mass is 9.79. The van der Waals surface area contributed by atoms with Crippen molar-refractivity contribution >= 4 is 17.6 Å². The zero-order chi connectivity index (χ0) is 25.1. The molecule has 0 spiro atoms. The molecule has 1 saturated carbocycles. The molecule has 0 aliphatic heterocycles. The van der Waals surface area contributed by atoms with Crippen LogP contribution in [0.2, 0.25) is 5.02 Å². The fraction of sp³-hybridized carbons (Fsp3) is 0.308. The molecule has 4 nitrogen and oxygen atoms in total. The topological polar surface area (TPSA) is 54.0 Å². The van der Waals surface area contributed by atoms with Gasteiger partial charge in [0.05, 0.1) is 16.3 Å². The molecule has 184 valence electrons. The van der Waals surface area contributed by atoms with Gasteiger partial charge in [0.25, 0.3) is 0 Å². The molecule has 1 atom stereocenters. The van der Waals surface area contributed by atoms with E-state index in [1.807, 2.05) is 0 Å². The molecule has 0 saturated heterocycles. The van der Waals surface area contributed by atoms with Gasteiger partial charge in [0.2, 0.25) is 0 Å². The summed E-state index contributed by atoms with van der Waals surface area (Å²) in [5, 5.41) is 5.99. The Labute approximate surface area is 205 Å². The predicted molar refractivity (Wildman–Crippen MR) is 125 cm³/mol. The first-order valence-corrected chi connectivity index (χ1v) is 11.7. The Bertz CT molecular complexity index is 1170. The first kappa shape index (κ1) is 25.0. The number of amides is 2. The van der Waals surface area contributed by atoms with Gasteiger partial charge in [-0.05, 0) is 48.7 Å². The van der Waals surface area contributed by atoms with E-state index in [-0.39, 0.29) is 23.7 Å². The van der Waals surface area contributed by atoms with E-state index in [1.54, 1.807) is 30.3 Å². The summed E-state index contributed by atoms with van der Waals surface area (Å²) in [4.78, 5) is 17.5. The number of aromatic nitrogens is 1. The van der Waals surface area contributed by atoms with E-state index in [1.165, 1.54) is 18.3 Å². The van der Waals surface area contributed by atoms with E-state index in [2.05, 4.69) is 15.6 Å². The van der Waals surface area contributed by atoms with Gasteiger partial charge in [0.15, 0.2) is 0 Å². The van der Waals surface area contributed by atoms with Crippen LogP contribution in [0.4, 0.5) is 22.4 Å². The molecule has 1 aliphatic carbocycles. The molecule has 1 heterocycles. The van der Waals surface area contributed by atoms with Crippen LogP contribution in [0.3, 0.4) is 0 Å². The van der Waals surface area contributed by atoms with Gasteiger partial charge in [0, 0.05) is 24.2 Å².